The topological polar surface area (TPSA) is 17.1 Å². The van der Waals surface area contributed by atoms with E-state index in [1.54, 1.807) is 0 Å². The van der Waals surface area contributed by atoms with Gasteiger partial charge in [-0.05, 0) is 102 Å². The van der Waals surface area contributed by atoms with E-state index in [1.165, 1.54) is 17.6 Å². The highest BCUT2D eigenvalue weighted by molar-refractivity contribution is 6.64. The number of halogens is 1. The smallest absolute Gasteiger partial charge is 0.228 e. The van der Waals surface area contributed by atoms with Crippen molar-refractivity contribution in [3.8, 4) is 12.3 Å². The number of hydrogen-bond donors (Lipinski definition) is 0. The Morgan fingerprint density at radius 1 is 0.974 bits per heavy atom. The van der Waals surface area contributed by atoms with Crippen molar-refractivity contribution in [2.75, 3.05) is 0 Å². The molecule has 2 heteroatoms. The van der Waals surface area contributed by atoms with Gasteiger partial charge in [-0.1, -0.05) is 112 Å². The molecular weight excluding hydrogens is 496 g/mol. The largest absolute Gasteiger partial charge is 0.281 e. The standard InChI is InChI=1S/C33H43ClO.2C2H6/c1-10-23-18-30(7)24(22(4)21(23)3)11-12-31(8)26(30)17-20(2)27-25-19-29(5,6)13-15-33(25,28(34)35)16-14-32(27,31)9;2*1-2/h1,17-18,22,24-25,27H,2-3,11-16,19H2,4-9H3;2*1-2H3/t22?,24?,25-,27?,30?,31?,32+,33?;;/m0../s1. The summed E-state index contributed by atoms with van der Waals surface area (Å²) in [5, 5.41) is -0.107. The minimum atomic E-state index is -0.402. The molecule has 3 fully saturated rings. The van der Waals surface area contributed by atoms with E-state index in [2.05, 4.69) is 66.2 Å². The summed E-state index contributed by atoms with van der Waals surface area (Å²) < 4.78 is 0. The lowest BCUT2D eigenvalue weighted by Crippen LogP contribution is -2.63. The number of carbonyl (C=O) groups is 1. The SMILES string of the molecule is C#CC1=CC2(C)C3=CC(=C)C4[C@@H]5CC(C)(C)CCC5(C(=O)Cl)CC[C@@]4(C)C3(C)CCC2C(C)C1=C.CC.CC. The molecule has 39 heavy (non-hydrogen) atoms. The third-order valence-corrected chi connectivity index (χ3v) is 12.7. The van der Waals surface area contributed by atoms with Crippen molar-refractivity contribution in [2.24, 2.45) is 50.7 Å². The Bertz CT molecular complexity index is 1130. The molecule has 5 aliphatic rings. The van der Waals surface area contributed by atoms with Crippen LogP contribution in [-0.4, -0.2) is 5.24 Å². The van der Waals surface area contributed by atoms with Gasteiger partial charge in [-0.25, -0.2) is 0 Å². The van der Waals surface area contributed by atoms with Crippen molar-refractivity contribution in [3.63, 3.8) is 0 Å². The molecule has 0 spiro atoms. The van der Waals surface area contributed by atoms with Crippen molar-refractivity contribution >= 4 is 16.8 Å². The van der Waals surface area contributed by atoms with Crippen LogP contribution in [0.5, 0.6) is 0 Å². The Labute approximate surface area is 246 Å². The number of hydrogen-bond acceptors (Lipinski definition) is 1. The highest BCUT2D eigenvalue weighted by atomic mass is 35.5. The summed E-state index contributed by atoms with van der Waals surface area (Å²) >= 11 is 6.47. The normalized spacial score (nSPS) is 43.6. The maximum Gasteiger partial charge on any atom is 0.228 e. The summed E-state index contributed by atoms with van der Waals surface area (Å²) in [4.78, 5) is 13.1. The molecule has 0 radical (unpaired) electrons. The predicted molar refractivity (Wildman–Crippen MR) is 169 cm³/mol. The maximum atomic E-state index is 13.1. The van der Waals surface area contributed by atoms with Gasteiger partial charge in [0.15, 0.2) is 0 Å². The van der Waals surface area contributed by atoms with Crippen LogP contribution >= 0.6 is 11.6 Å². The van der Waals surface area contributed by atoms with Crippen LogP contribution in [0.4, 0.5) is 0 Å². The fourth-order valence-electron chi connectivity index (χ4n) is 9.92. The summed E-state index contributed by atoms with van der Waals surface area (Å²) in [7, 11) is 0. The van der Waals surface area contributed by atoms with E-state index < -0.39 is 5.41 Å². The summed E-state index contributed by atoms with van der Waals surface area (Å²) in [6.45, 7) is 31.6. The van der Waals surface area contributed by atoms with Crippen LogP contribution in [0.25, 0.3) is 0 Å². The molecule has 5 aliphatic carbocycles. The van der Waals surface area contributed by atoms with E-state index in [4.69, 9.17) is 24.6 Å². The van der Waals surface area contributed by atoms with Crippen LogP contribution in [0.15, 0.2) is 47.6 Å². The summed E-state index contributed by atoms with van der Waals surface area (Å²) in [6.07, 6.45) is 18.1. The first-order valence-electron chi connectivity index (χ1n) is 15.7. The molecule has 0 N–H and O–H groups in total. The summed E-state index contributed by atoms with van der Waals surface area (Å²) in [5.74, 6) is 4.35. The van der Waals surface area contributed by atoms with Gasteiger partial charge < -0.3 is 0 Å². The zero-order valence-electron chi connectivity index (χ0n) is 26.7. The van der Waals surface area contributed by atoms with E-state index >= 15 is 0 Å². The van der Waals surface area contributed by atoms with Crippen LogP contribution in [-0.2, 0) is 4.79 Å². The Morgan fingerprint density at radius 3 is 2.13 bits per heavy atom. The lowest BCUT2D eigenvalue weighted by molar-refractivity contribution is -0.157. The molecule has 0 bridgehead atoms. The molecule has 0 aromatic heterocycles. The van der Waals surface area contributed by atoms with Crippen molar-refractivity contribution in [3.05, 3.63) is 47.6 Å². The fourth-order valence-corrected chi connectivity index (χ4v) is 10.3. The summed E-state index contributed by atoms with van der Waals surface area (Å²) in [5.41, 5.74) is 4.59. The lowest BCUT2D eigenvalue weighted by atomic mass is 9.34. The third kappa shape index (κ3) is 4.38. The molecule has 216 valence electrons. The molecule has 0 heterocycles. The van der Waals surface area contributed by atoms with Gasteiger partial charge >= 0.3 is 0 Å². The van der Waals surface area contributed by atoms with E-state index in [0.29, 0.717) is 11.8 Å². The van der Waals surface area contributed by atoms with E-state index in [1.807, 2.05) is 27.7 Å². The second kappa shape index (κ2) is 10.7. The molecule has 0 aromatic rings. The van der Waals surface area contributed by atoms with Crippen LogP contribution in [0.2, 0.25) is 0 Å². The second-order valence-corrected chi connectivity index (χ2v) is 14.6. The number of terminal acetylenes is 1. The quantitative estimate of drug-likeness (QED) is 0.234. The predicted octanol–water partition coefficient (Wildman–Crippen LogP) is 10.7. The molecular formula is C37H55ClO. The highest BCUT2D eigenvalue weighted by Gasteiger charge is 2.68. The molecule has 6 unspecified atom stereocenters. The fraction of sp³-hybridized carbons (Fsp3) is 0.703. The molecule has 1 nitrogen and oxygen atoms in total. The third-order valence-electron chi connectivity index (χ3n) is 12.3. The molecule has 3 saturated carbocycles. The van der Waals surface area contributed by atoms with E-state index in [0.717, 1.165) is 49.7 Å². The Kier molecular flexibility index (Phi) is 8.79. The van der Waals surface area contributed by atoms with Crippen molar-refractivity contribution in [1.29, 1.82) is 0 Å². The first-order chi connectivity index (χ1) is 18.2. The molecule has 5 rings (SSSR count). The lowest BCUT2D eigenvalue weighted by Gasteiger charge is -2.69. The molecule has 0 saturated heterocycles. The number of fused-ring (bicyclic) bond motifs is 7. The van der Waals surface area contributed by atoms with Crippen LogP contribution < -0.4 is 0 Å². The van der Waals surface area contributed by atoms with Gasteiger partial charge in [-0.2, -0.15) is 0 Å². The van der Waals surface area contributed by atoms with Gasteiger partial charge in [-0.3, -0.25) is 4.79 Å². The Morgan fingerprint density at radius 2 is 1.56 bits per heavy atom. The van der Waals surface area contributed by atoms with Gasteiger partial charge in [0, 0.05) is 16.4 Å². The van der Waals surface area contributed by atoms with E-state index in [-0.39, 0.29) is 38.7 Å². The average Bonchev–Trinajstić information content (AvgIpc) is 2.89. The average molecular weight is 551 g/mol. The second-order valence-electron chi connectivity index (χ2n) is 14.2. The van der Waals surface area contributed by atoms with Gasteiger partial charge in [0.1, 0.15) is 0 Å². The van der Waals surface area contributed by atoms with Crippen molar-refractivity contribution < 1.29 is 4.79 Å². The molecule has 0 amide bonds. The summed E-state index contributed by atoms with van der Waals surface area (Å²) in [6, 6.07) is 0. The zero-order chi connectivity index (χ0) is 29.8. The Balaban J connectivity index is 0.00000100. The van der Waals surface area contributed by atoms with Gasteiger partial charge in [0.05, 0.1) is 0 Å². The molecule has 0 aromatic carbocycles. The molecule has 8 atom stereocenters. The van der Waals surface area contributed by atoms with Crippen molar-refractivity contribution in [1.82, 2.24) is 0 Å². The maximum absolute atomic E-state index is 13.1. The first-order valence-corrected chi connectivity index (χ1v) is 16.0. The van der Waals surface area contributed by atoms with E-state index in [9.17, 15) is 4.79 Å². The zero-order valence-corrected chi connectivity index (χ0v) is 27.4. The van der Waals surface area contributed by atoms with Gasteiger partial charge in [0.2, 0.25) is 5.24 Å². The number of rotatable bonds is 1. The monoisotopic (exact) mass is 550 g/mol. The first kappa shape index (κ1) is 32.0. The minimum absolute atomic E-state index is 0.0296. The minimum Gasteiger partial charge on any atom is -0.281 e. The number of allylic oxidation sites excluding steroid dienone is 6. The van der Waals surface area contributed by atoms with Gasteiger partial charge in [-0.15, -0.1) is 6.42 Å². The molecule has 0 aliphatic heterocycles. The van der Waals surface area contributed by atoms with Crippen LogP contribution in [0, 0.1) is 63.1 Å². The van der Waals surface area contributed by atoms with Crippen LogP contribution in [0.3, 0.4) is 0 Å². The van der Waals surface area contributed by atoms with Crippen LogP contribution in [0.1, 0.15) is 114 Å². The Hall–Kier alpha value is -1.52. The highest BCUT2D eigenvalue weighted by Crippen LogP contribution is 2.75. The number of carbonyl (C=O) groups excluding carboxylic acids is 1. The van der Waals surface area contributed by atoms with Gasteiger partial charge in [0.25, 0.3) is 0 Å². The van der Waals surface area contributed by atoms with Crippen molar-refractivity contribution in [2.45, 2.75) is 114 Å².